The molecule has 2 aromatic rings. The van der Waals surface area contributed by atoms with Gasteiger partial charge in [0.05, 0.1) is 10.5 Å². The van der Waals surface area contributed by atoms with Gasteiger partial charge in [0.25, 0.3) is 5.69 Å². The SMILES string of the molecule is CCc1oc2ccc([N+](=O)[O-])cc2c1C(C)=O. The van der Waals surface area contributed by atoms with Crippen molar-refractivity contribution in [2.45, 2.75) is 20.3 Å². The third-order valence-electron chi connectivity index (χ3n) is 2.63. The number of hydrogen-bond donors (Lipinski definition) is 0. The summed E-state index contributed by atoms with van der Waals surface area (Å²) >= 11 is 0. The molecule has 0 aliphatic heterocycles. The number of carbonyl (C=O) groups excluding carboxylic acids is 1. The van der Waals surface area contributed by atoms with Crippen LogP contribution in [-0.4, -0.2) is 10.7 Å². The largest absolute Gasteiger partial charge is 0.460 e. The van der Waals surface area contributed by atoms with Gasteiger partial charge in [-0.15, -0.1) is 0 Å². The highest BCUT2D eigenvalue weighted by Gasteiger charge is 2.19. The zero-order chi connectivity index (χ0) is 12.6. The first-order chi connectivity index (χ1) is 8.04. The molecular formula is C12H11NO4. The lowest BCUT2D eigenvalue weighted by Gasteiger charge is -1.94. The molecule has 0 fully saturated rings. The van der Waals surface area contributed by atoms with Crippen LogP contribution in [0.1, 0.15) is 30.0 Å². The summed E-state index contributed by atoms with van der Waals surface area (Å²) < 4.78 is 5.50. The maximum absolute atomic E-state index is 11.6. The van der Waals surface area contributed by atoms with Crippen LogP contribution < -0.4 is 0 Å². The van der Waals surface area contributed by atoms with Gasteiger partial charge in [-0.25, -0.2) is 0 Å². The fraction of sp³-hybridized carbons (Fsp3) is 0.250. The number of ketones is 1. The standard InChI is InChI=1S/C12H11NO4/c1-3-10-12(7(2)14)9-6-8(13(15)16)4-5-11(9)17-10/h4-6H,3H2,1-2H3. The number of nitro benzene ring substituents is 1. The molecule has 0 atom stereocenters. The Bertz CT molecular complexity index is 612. The van der Waals surface area contributed by atoms with Crippen LogP contribution in [0.2, 0.25) is 0 Å². The van der Waals surface area contributed by atoms with Crippen LogP contribution in [0.5, 0.6) is 0 Å². The molecule has 0 saturated heterocycles. The lowest BCUT2D eigenvalue weighted by atomic mass is 10.1. The van der Waals surface area contributed by atoms with Crippen LogP contribution >= 0.6 is 0 Å². The number of non-ortho nitro benzene ring substituents is 1. The quantitative estimate of drug-likeness (QED) is 0.463. The highest BCUT2D eigenvalue weighted by molar-refractivity contribution is 6.07. The fourth-order valence-electron chi connectivity index (χ4n) is 1.88. The van der Waals surface area contributed by atoms with Gasteiger partial charge in [0.15, 0.2) is 5.78 Å². The van der Waals surface area contributed by atoms with Crippen LogP contribution in [0.15, 0.2) is 22.6 Å². The van der Waals surface area contributed by atoms with Gasteiger partial charge in [-0.1, -0.05) is 6.92 Å². The van der Waals surface area contributed by atoms with E-state index >= 15 is 0 Å². The maximum Gasteiger partial charge on any atom is 0.270 e. The zero-order valence-electron chi connectivity index (χ0n) is 9.52. The third-order valence-corrected chi connectivity index (χ3v) is 2.63. The molecule has 1 aromatic carbocycles. The van der Waals surface area contributed by atoms with E-state index < -0.39 is 4.92 Å². The van der Waals surface area contributed by atoms with Crippen LogP contribution in [0.3, 0.4) is 0 Å². The molecule has 1 aromatic heterocycles. The first-order valence-electron chi connectivity index (χ1n) is 5.25. The summed E-state index contributed by atoms with van der Waals surface area (Å²) in [5, 5.41) is 11.2. The summed E-state index contributed by atoms with van der Waals surface area (Å²) in [7, 11) is 0. The average Bonchev–Trinajstić information content (AvgIpc) is 2.65. The predicted molar refractivity (Wildman–Crippen MR) is 62.3 cm³/mol. The number of fused-ring (bicyclic) bond motifs is 1. The van der Waals surface area contributed by atoms with Crippen molar-refractivity contribution in [2.24, 2.45) is 0 Å². The molecule has 0 unspecified atom stereocenters. The second-order valence-corrected chi connectivity index (χ2v) is 3.75. The molecule has 2 rings (SSSR count). The molecule has 0 aliphatic carbocycles. The van der Waals surface area contributed by atoms with Crippen LogP contribution in [0.4, 0.5) is 5.69 Å². The van der Waals surface area contributed by atoms with Crippen LogP contribution in [0, 0.1) is 10.1 Å². The Morgan fingerprint density at radius 3 is 2.71 bits per heavy atom. The molecule has 1 heterocycles. The van der Waals surface area contributed by atoms with Crippen molar-refractivity contribution in [3.05, 3.63) is 39.6 Å². The van der Waals surface area contributed by atoms with Gasteiger partial charge >= 0.3 is 0 Å². The van der Waals surface area contributed by atoms with E-state index in [0.29, 0.717) is 28.7 Å². The molecule has 0 amide bonds. The van der Waals surface area contributed by atoms with Gasteiger partial charge in [0, 0.05) is 23.9 Å². The summed E-state index contributed by atoms with van der Waals surface area (Å²) in [5.74, 6) is 0.439. The summed E-state index contributed by atoms with van der Waals surface area (Å²) in [6.45, 7) is 3.31. The van der Waals surface area contributed by atoms with Crippen LogP contribution in [-0.2, 0) is 6.42 Å². The van der Waals surface area contributed by atoms with Crippen molar-refractivity contribution in [3.63, 3.8) is 0 Å². The van der Waals surface area contributed by atoms with E-state index in [0.717, 1.165) is 0 Å². The molecule has 5 nitrogen and oxygen atoms in total. The van der Waals surface area contributed by atoms with E-state index in [2.05, 4.69) is 0 Å². The smallest absolute Gasteiger partial charge is 0.270 e. The lowest BCUT2D eigenvalue weighted by molar-refractivity contribution is -0.384. The van der Waals surface area contributed by atoms with E-state index in [4.69, 9.17) is 4.42 Å². The Kier molecular flexibility index (Phi) is 2.67. The Morgan fingerprint density at radius 1 is 1.47 bits per heavy atom. The Balaban J connectivity index is 2.78. The zero-order valence-corrected chi connectivity index (χ0v) is 9.52. The molecular weight excluding hydrogens is 222 g/mol. The second kappa shape index (κ2) is 4.01. The lowest BCUT2D eigenvalue weighted by Crippen LogP contribution is -1.95. The van der Waals surface area contributed by atoms with Crippen LogP contribution in [0.25, 0.3) is 11.0 Å². The third kappa shape index (κ3) is 1.80. The molecule has 0 saturated carbocycles. The molecule has 0 aliphatic rings. The molecule has 5 heteroatoms. The highest BCUT2D eigenvalue weighted by Crippen LogP contribution is 2.29. The Morgan fingerprint density at radius 2 is 2.18 bits per heavy atom. The summed E-state index contributed by atoms with van der Waals surface area (Å²) in [6, 6.07) is 4.28. The summed E-state index contributed by atoms with van der Waals surface area (Å²) in [5.41, 5.74) is 0.923. The minimum absolute atomic E-state index is 0.0385. The van der Waals surface area contributed by atoms with Gasteiger partial charge in [-0.2, -0.15) is 0 Å². The number of hydrogen-bond acceptors (Lipinski definition) is 4. The Hall–Kier alpha value is -2.17. The number of aryl methyl sites for hydroxylation is 1. The summed E-state index contributed by atoms with van der Waals surface area (Å²) in [4.78, 5) is 21.8. The number of nitro groups is 1. The van der Waals surface area contributed by atoms with Gasteiger partial charge in [-0.3, -0.25) is 14.9 Å². The second-order valence-electron chi connectivity index (χ2n) is 3.75. The molecule has 88 valence electrons. The first kappa shape index (κ1) is 11.3. The number of nitrogens with zero attached hydrogens (tertiary/aromatic N) is 1. The fourth-order valence-corrected chi connectivity index (χ4v) is 1.88. The molecule has 0 radical (unpaired) electrons. The van der Waals surface area contributed by atoms with Crippen molar-refractivity contribution in [1.82, 2.24) is 0 Å². The number of benzene rings is 1. The number of carbonyl (C=O) groups is 1. The van der Waals surface area contributed by atoms with Gasteiger partial charge in [-0.05, 0) is 13.0 Å². The average molecular weight is 233 g/mol. The maximum atomic E-state index is 11.6. The predicted octanol–water partition coefficient (Wildman–Crippen LogP) is 3.11. The summed E-state index contributed by atoms with van der Waals surface area (Å²) in [6.07, 6.45) is 0.581. The van der Waals surface area contributed by atoms with E-state index in [-0.39, 0.29) is 11.5 Å². The molecule has 0 spiro atoms. The van der Waals surface area contributed by atoms with E-state index in [1.54, 1.807) is 0 Å². The van der Waals surface area contributed by atoms with E-state index in [9.17, 15) is 14.9 Å². The molecule has 0 N–H and O–H groups in total. The molecule has 0 bridgehead atoms. The van der Waals surface area contributed by atoms with E-state index in [1.165, 1.54) is 25.1 Å². The van der Waals surface area contributed by atoms with Crippen molar-refractivity contribution >= 4 is 22.4 Å². The number of Topliss-reactive ketones (excluding diaryl/α,β-unsaturated/α-hetero) is 1. The van der Waals surface area contributed by atoms with Crippen molar-refractivity contribution in [3.8, 4) is 0 Å². The topological polar surface area (TPSA) is 73.3 Å². The molecule has 17 heavy (non-hydrogen) atoms. The van der Waals surface area contributed by atoms with Crippen molar-refractivity contribution in [2.75, 3.05) is 0 Å². The van der Waals surface area contributed by atoms with Crippen molar-refractivity contribution < 1.29 is 14.1 Å². The van der Waals surface area contributed by atoms with Gasteiger partial charge in [0.2, 0.25) is 0 Å². The number of furan rings is 1. The van der Waals surface area contributed by atoms with Gasteiger partial charge < -0.3 is 4.42 Å². The highest BCUT2D eigenvalue weighted by atomic mass is 16.6. The monoisotopic (exact) mass is 233 g/mol. The number of rotatable bonds is 3. The first-order valence-corrected chi connectivity index (χ1v) is 5.25. The van der Waals surface area contributed by atoms with Crippen molar-refractivity contribution in [1.29, 1.82) is 0 Å². The van der Waals surface area contributed by atoms with E-state index in [1.807, 2.05) is 6.92 Å². The minimum Gasteiger partial charge on any atom is -0.460 e. The normalized spacial score (nSPS) is 10.7. The Labute approximate surface area is 97.2 Å². The van der Waals surface area contributed by atoms with Gasteiger partial charge in [0.1, 0.15) is 11.3 Å². The minimum atomic E-state index is -0.484.